The van der Waals surface area contributed by atoms with Crippen molar-refractivity contribution in [2.75, 3.05) is 26.2 Å². The molecule has 6 nitrogen and oxygen atoms in total. The lowest BCUT2D eigenvalue weighted by Crippen LogP contribution is -2.43. The predicted molar refractivity (Wildman–Crippen MR) is 99.3 cm³/mol. The smallest absolute Gasteiger partial charge is 0.314 e. The summed E-state index contributed by atoms with van der Waals surface area (Å²) < 4.78 is 0. The summed E-state index contributed by atoms with van der Waals surface area (Å²) in [6, 6.07) is 2.15. The van der Waals surface area contributed by atoms with Crippen LogP contribution in [-0.2, 0) is 4.79 Å². The molecule has 0 aliphatic carbocycles. The van der Waals surface area contributed by atoms with Gasteiger partial charge in [0.05, 0.1) is 6.04 Å². The van der Waals surface area contributed by atoms with Crippen molar-refractivity contribution >= 4 is 23.3 Å². The Bertz CT molecular complexity index is 487. The van der Waals surface area contributed by atoms with Gasteiger partial charge < -0.3 is 16.0 Å². The van der Waals surface area contributed by atoms with Crippen LogP contribution >= 0.6 is 11.3 Å². The molecule has 0 saturated heterocycles. The third kappa shape index (κ3) is 7.31. The Morgan fingerprint density at radius 3 is 2.46 bits per heavy atom. The number of urea groups is 1. The van der Waals surface area contributed by atoms with Crippen LogP contribution < -0.4 is 16.0 Å². The molecule has 0 spiro atoms. The molecule has 0 bridgehead atoms. The van der Waals surface area contributed by atoms with Gasteiger partial charge in [0.1, 0.15) is 0 Å². The second-order valence-corrected chi connectivity index (χ2v) is 6.68. The van der Waals surface area contributed by atoms with Crippen LogP contribution in [0.1, 0.15) is 45.7 Å². The van der Waals surface area contributed by atoms with Crippen LogP contribution in [0.3, 0.4) is 0 Å². The highest BCUT2D eigenvalue weighted by Gasteiger charge is 2.19. The van der Waals surface area contributed by atoms with E-state index in [9.17, 15) is 9.59 Å². The molecule has 3 N–H and O–H groups in total. The zero-order valence-corrected chi connectivity index (χ0v) is 15.9. The van der Waals surface area contributed by atoms with E-state index < -0.39 is 0 Å². The first-order valence-corrected chi connectivity index (χ1v) is 9.49. The van der Waals surface area contributed by atoms with Crippen LogP contribution in [0.4, 0.5) is 4.79 Å². The summed E-state index contributed by atoms with van der Waals surface area (Å²) in [6.45, 7) is 10.8. The Morgan fingerprint density at radius 2 is 1.92 bits per heavy atom. The molecule has 0 saturated carbocycles. The number of hydrogen-bond donors (Lipinski definition) is 3. The van der Waals surface area contributed by atoms with E-state index in [0.717, 1.165) is 13.1 Å². The van der Waals surface area contributed by atoms with Crippen LogP contribution in [-0.4, -0.2) is 49.1 Å². The number of carbonyl (C=O) groups is 2. The summed E-state index contributed by atoms with van der Waals surface area (Å²) in [6.07, 6.45) is 0.287. The summed E-state index contributed by atoms with van der Waals surface area (Å²) in [5.41, 5.74) is 1.22. The summed E-state index contributed by atoms with van der Waals surface area (Å²) in [5.74, 6) is -0.0513. The Hall–Kier alpha value is -1.60. The third-order valence-electron chi connectivity index (χ3n) is 3.72. The Morgan fingerprint density at radius 1 is 1.21 bits per heavy atom. The molecule has 0 radical (unpaired) electrons. The number of amides is 3. The van der Waals surface area contributed by atoms with E-state index in [1.54, 1.807) is 11.3 Å². The van der Waals surface area contributed by atoms with Gasteiger partial charge in [-0.25, -0.2) is 4.79 Å². The van der Waals surface area contributed by atoms with Gasteiger partial charge in [-0.1, -0.05) is 13.8 Å². The first-order chi connectivity index (χ1) is 11.5. The highest BCUT2D eigenvalue weighted by molar-refractivity contribution is 7.07. The van der Waals surface area contributed by atoms with Gasteiger partial charge in [0.15, 0.2) is 0 Å². The zero-order chi connectivity index (χ0) is 17.9. The number of thiophene rings is 1. The lowest BCUT2D eigenvalue weighted by molar-refractivity contribution is -0.121. The second-order valence-electron chi connectivity index (χ2n) is 5.90. The summed E-state index contributed by atoms with van der Waals surface area (Å²) in [7, 11) is 0. The minimum Gasteiger partial charge on any atom is -0.354 e. The van der Waals surface area contributed by atoms with Gasteiger partial charge >= 0.3 is 6.03 Å². The minimum atomic E-state index is -0.236. The fourth-order valence-electron chi connectivity index (χ4n) is 2.52. The maximum atomic E-state index is 12.0. The van der Waals surface area contributed by atoms with Gasteiger partial charge in [-0.2, -0.15) is 11.3 Å². The molecule has 1 aromatic heterocycles. The van der Waals surface area contributed by atoms with Crippen LogP contribution in [0, 0.1) is 0 Å². The first-order valence-electron chi connectivity index (χ1n) is 8.55. The van der Waals surface area contributed by atoms with Crippen molar-refractivity contribution in [1.29, 1.82) is 0 Å². The molecule has 1 rings (SSSR count). The predicted octanol–water partition coefficient (Wildman–Crippen LogP) is 2.34. The minimum absolute atomic E-state index is 0.0513. The van der Waals surface area contributed by atoms with E-state index in [1.807, 2.05) is 13.8 Å². The number of nitrogens with zero attached hydrogens (tertiary/aromatic N) is 1. The Balaban J connectivity index is 2.41. The second kappa shape index (κ2) is 11.0. The fourth-order valence-corrected chi connectivity index (χ4v) is 3.23. The third-order valence-corrected chi connectivity index (χ3v) is 4.43. The van der Waals surface area contributed by atoms with E-state index in [-0.39, 0.29) is 30.4 Å². The SMILES string of the molecule is CCN(CC)C(CNC(=O)NCCC(=O)NC(C)C)c1ccsc1. The number of carbonyl (C=O) groups excluding carboxylic acids is 2. The van der Waals surface area contributed by atoms with Crippen LogP contribution in [0.15, 0.2) is 16.8 Å². The number of likely N-dealkylation sites (N-methyl/N-ethyl adjacent to an activating group) is 1. The topological polar surface area (TPSA) is 73.5 Å². The summed E-state index contributed by atoms with van der Waals surface area (Å²) in [4.78, 5) is 25.8. The van der Waals surface area contributed by atoms with E-state index in [2.05, 4.69) is 51.5 Å². The van der Waals surface area contributed by atoms with Gasteiger partial charge in [0.2, 0.25) is 5.91 Å². The summed E-state index contributed by atoms with van der Waals surface area (Å²) in [5, 5.41) is 12.6. The normalized spacial score (nSPS) is 12.2. The molecule has 1 atom stereocenters. The highest BCUT2D eigenvalue weighted by atomic mass is 32.1. The van der Waals surface area contributed by atoms with Crippen molar-refractivity contribution < 1.29 is 9.59 Å². The monoisotopic (exact) mass is 354 g/mol. The van der Waals surface area contributed by atoms with Gasteiger partial charge in [0.25, 0.3) is 0 Å². The maximum Gasteiger partial charge on any atom is 0.314 e. The van der Waals surface area contributed by atoms with Crippen LogP contribution in [0.5, 0.6) is 0 Å². The van der Waals surface area contributed by atoms with Crippen molar-refractivity contribution in [3.63, 3.8) is 0 Å². The number of nitrogens with one attached hydrogen (secondary N) is 3. The molecule has 1 aromatic rings. The fraction of sp³-hybridized carbons (Fsp3) is 0.647. The molecule has 1 heterocycles. The van der Waals surface area contributed by atoms with Crippen molar-refractivity contribution in [2.24, 2.45) is 0 Å². The first kappa shape index (κ1) is 20.4. The van der Waals surface area contributed by atoms with Crippen molar-refractivity contribution in [3.05, 3.63) is 22.4 Å². The van der Waals surface area contributed by atoms with E-state index in [1.165, 1.54) is 5.56 Å². The summed E-state index contributed by atoms with van der Waals surface area (Å²) >= 11 is 1.66. The Kier molecular flexibility index (Phi) is 9.41. The average molecular weight is 355 g/mol. The van der Waals surface area contributed by atoms with E-state index in [0.29, 0.717) is 13.1 Å². The largest absolute Gasteiger partial charge is 0.354 e. The molecule has 0 fully saturated rings. The van der Waals surface area contributed by atoms with Gasteiger partial charge in [0, 0.05) is 25.6 Å². The molecule has 136 valence electrons. The van der Waals surface area contributed by atoms with Gasteiger partial charge in [-0.05, 0) is 49.3 Å². The number of hydrogen-bond acceptors (Lipinski definition) is 4. The maximum absolute atomic E-state index is 12.0. The molecule has 3 amide bonds. The van der Waals surface area contributed by atoms with Gasteiger partial charge in [-0.15, -0.1) is 0 Å². The lowest BCUT2D eigenvalue weighted by Gasteiger charge is -2.29. The average Bonchev–Trinajstić information content (AvgIpc) is 3.04. The van der Waals surface area contributed by atoms with Crippen molar-refractivity contribution in [3.8, 4) is 0 Å². The van der Waals surface area contributed by atoms with E-state index >= 15 is 0 Å². The molecular formula is C17H30N4O2S. The van der Waals surface area contributed by atoms with Crippen molar-refractivity contribution in [1.82, 2.24) is 20.9 Å². The standard InChI is InChI=1S/C17H30N4O2S/c1-5-21(6-2)15(14-8-10-24-12-14)11-19-17(23)18-9-7-16(22)20-13(3)4/h8,10,12-13,15H,5-7,9,11H2,1-4H3,(H,20,22)(H2,18,19,23). The molecule has 1 unspecified atom stereocenters. The van der Waals surface area contributed by atoms with Crippen molar-refractivity contribution in [2.45, 2.75) is 46.2 Å². The molecule has 0 aliphatic rings. The molecule has 0 aromatic carbocycles. The highest BCUT2D eigenvalue weighted by Crippen LogP contribution is 2.22. The van der Waals surface area contributed by atoms with Crippen LogP contribution in [0.25, 0.3) is 0 Å². The lowest BCUT2D eigenvalue weighted by atomic mass is 10.1. The molecule has 0 aliphatic heterocycles. The Labute approximate surface area is 149 Å². The van der Waals surface area contributed by atoms with Crippen LogP contribution in [0.2, 0.25) is 0 Å². The molecular weight excluding hydrogens is 324 g/mol. The quantitative estimate of drug-likeness (QED) is 0.604. The van der Waals surface area contributed by atoms with Gasteiger partial charge in [-0.3, -0.25) is 9.69 Å². The molecule has 24 heavy (non-hydrogen) atoms. The molecule has 7 heteroatoms. The van der Waals surface area contributed by atoms with E-state index in [4.69, 9.17) is 0 Å². The number of rotatable bonds is 10. The zero-order valence-electron chi connectivity index (χ0n) is 15.1.